The molecule has 0 aliphatic carbocycles. The van der Waals surface area contributed by atoms with Crippen molar-refractivity contribution in [2.24, 2.45) is 28.9 Å². The minimum absolute atomic E-state index is 0.651. The summed E-state index contributed by atoms with van der Waals surface area (Å²) in [7, 11) is 0. The van der Waals surface area contributed by atoms with Gasteiger partial charge in [-0.3, -0.25) is 0 Å². The average molecular weight is 233 g/mol. The van der Waals surface area contributed by atoms with Crippen LogP contribution in [-0.4, -0.2) is 39.3 Å². The van der Waals surface area contributed by atoms with Crippen LogP contribution >= 0.6 is 0 Å². The molecule has 0 bridgehead atoms. The molecule has 0 aromatic heterocycles. The maximum Gasteiger partial charge on any atom is 0.00745 e. The van der Waals surface area contributed by atoms with E-state index in [1.54, 1.807) is 0 Å². The van der Waals surface area contributed by atoms with Crippen LogP contribution in [0.4, 0.5) is 0 Å². The van der Waals surface area contributed by atoms with E-state index in [-0.39, 0.29) is 0 Å². The number of nitrogens with one attached hydrogen (secondary N) is 1. The predicted octanol–water partition coefficient (Wildman–Crippen LogP) is -0.796. The van der Waals surface area contributed by atoms with E-state index in [1.165, 1.54) is 6.42 Å². The molecule has 100 valence electrons. The van der Waals surface area contributed by atoms with Gasteiger partial charge in [-0.05, 0) is 51.4 Å². The highest BCUT2D eigenvalue weighted by Crippen LogP contribution is 2.00. The molecule has 0 aromatic carbocycles. The maximum atomic E-state index is 5.37. The summed E-state index contributed by atoms with van der Waals surface area (Å²) in [6.45, 7) is 7.11. The van der Waals surface area contributed by atoms with Gasteiger partial charge in [-0.25, -0.2) is 0 Å². The molecule has 1 unspecified atom stereocenters. The number of hydrogen-bond donors (Lipinski definition) is 5. The first-order valence-electron chi connectivity index (χ1n) is 6.23. The van der Waals surface area contributed by atoms with Gasteiger partial charge >= 0.3 is 0 Å². The largest absolute Gasteiger partial charge is 0.330 e. The van der Waals surface area contributed by atoms with Crippen molar-refractivity contribution in [3.63, 3.8) is 0 Å². The van der Waals surface area contributed by atoms with Crippen LogP contribution in [0.3, 0.4) is 0 Å². The lowest BCUT2D eigenvalue weighted by Crippen LogP contribution is -2.24. The van der Waals surface area contributed by atoms with Crippen molar-refractivity contribution < 1.29 is 0 Å². The minimum atomic E-state index is 0.651. The molecular weight excluding hydrogens is 202 g/mol. The fraction of sp³-hybridized carbons (Fsp3) is 1.00. The van der Waals surface area contributed by atoms with E-state index in [4.69, 9.17) is 22.9 Å². The second-order valence-corrected chi connectivity index (χ2v) is 3.95. The fourth-order valence-electron chi connectivity index (χ4n) is 1.04. The summed E-state index contributed by atoms with van der Waals surface area (Å²) >= 11 is 0. The zero-order chi connectivity index (χ0) is 12.6. The first-order chi connectivity index (χ1) is 7.72. The van der Waals surface area contributed by atoms with Crippen molar-refractivity contribution in [1.82, 2.24) is 5.32 Å². The van der Waals surface area contributed by atoms with Crippen LogP contribution in [0, 0.1) is 5.92 Å². The van der Waals surface area contributed by atoms with Gasteiger partial charge < -0.3 is 28.3 Å². The van der Waals surface area contributed by atoms with E-state index in [0.717, 1.165) is 45.6 Å². The van der Waals surface area contributed by atoms with Gasteiger partial charge in [0.25, 0.3) is 0 Å². The van der Waals surface area contributed by atoms with Crippen molar-refractivity contribution in [3.8, 4) is 0 Å². The fourth-order valence-corrected chi connectivity index (χ4v) is 1.04. The van der Waals surface area contributed by atoms with Crippen LogP contribution in [0.15, 0.2) is 0 Å². The molecule has 0 aliphatic rings. The monoisotopic (exact) mass is 233 g/mol. The third-order valence-electron chi connectivity index (χ3n) is 2.18. The van der Waals surface area contributed by atoms with E-state index in [2.05, 4.69) is 12.2 Å². The second-order valence-electron chi connectivity index (χ2n) is 3.95. The Morgan fingerprint density at radius 3 is 1.94 bits per heavy atom. The number of rotatable bonds is 9. The van der Waals surface area contributed by atoms with Crippen molar-refractivity contribution >= 4 is 0 Å². The van der Waals surface area contributed by atoms with Crippen molar-refractivity contribution in [2.45, 2.75) is 26.2 Å². The van der Waals surface area contributed by atoms with Crippen LogP contribution in [0.25, 0.3) is 0 Å². The summed E-state index contributed by atoms with van der Waals surface area (Å²) in [5.41, 5.74) is 21.1. The molecule has 0 spiro atoms. The van der Waals surface area contributed by atoms with Crippen molar-refractivity contribution in [1.29, 1.82) is 0 Å². The summed E-state index contributed by atoms with van der Waals surface area (Å²) in [6.07, 6.45) is 3.32. The first-order valence-corrected chi connectivity index (χ1v) is 6.23. The standard InChI is InChI=1S/C6H16N2.C5H15N3/c1-6(5-8)3-2-4-7;6-2-1-4-8-5-3-7/h6H,2-5,7-8H2,1H3;8H,1-7H2. The van der Waals surface area contributed by atoms with Gasteiger partial charge in [0.2, 0.25) is 0 Å². The third kappa shape index (κ3) is 19.4. The molecular formula is C11H31N5. The molecule has 0 saturated carbocycles. The molecule has 0 fully saturated rings. The maximum absolute atomic E-state index is 5.37. The van der Waals surface area contributed by atoms with Gasteiger partial charge in [-0.15, -0.1) is 0 Å². The molecule has 0 amide bonds. The van der Waals surface area contributed by atoms with Crippen molar-refractivity contribution in [3.05, 3.63) is 0 Å². The van der Waals surface area contributed by atoms with E-state index in [0.29, 0.717) is 12.5 Å². The van der Waals surface area contributed by atoms with Gasteiger partial charge in [0.15, 0.2) is 0 Å². The van der Waals surface area contributed by atoms with Gasteiger partial charge in [-0.2, -0.15) is 0 Å². The predicted molar refractivity (Wildman–Crippen MR) is 72.1 cm³/mol. The molecule has 16 heavy (non-hydrogen) atoms. The molecule has 0 heterocycles. The topological polar surface area (TPSA) is 116 Å². The number of nitrogens with two attached hydrogens (primary N) is 4. The Balaban J connectivity index is 0. The molecule has 5 nitrogen and oxygen atoms in total. The van der Waals surface area contributed by atoms with Gasteiger partial charge in [0, 0.05) is 13.1 Å². The summed E-state index contributed by atoms with van der Waals surface area (Å²) < 4.78 is 0. The Morgan fingerprint density at radius 2 is 1.50 bits per heavy atom. The molecule has 0 rings (SSSR count). The van der Waals surface area contributed by atoms with Crippen LogP contribution in [0.1, 0.15) is 26.2 Å². The normalized spacial score (nSPS) is 11.8. The zero-order valence-corrected chi connectivity index (χ0v) is 10.8. The van der Waals surface area contributed by atoms with Crippen LogP contribution < -0.4 is 28.3 Å². The summed E-state index contributed by atoms with van der Waals surface area (Å²) in [5.74, 6) is 0.651. The summed E-state index contributed by atoms with van der Waals surface area (Å²) in [5, 5.41) is 3.13. The van der Waals surface area contributed by atoms with Crippen LogP contribution in [-0.2, 0) is 0 Å². The minimum Gasteiger partial charge on any atom is -0.330 e. The van der Waals surface area contributed by atoms with Gasteiger partial charge in [0.05, 0.1) is 0 Å². The zero-order valence-electron chi connectivity index (χ0n) is 10.8. The lowest BCUT2D eigenvalue weighted by Gasteiger charge is -2.04. The first kappa shape index (κ1) is 18.2. The lowest BCUT2D eigenvalue weighted by atomic mass is 10.1. The highest BCUT2D eigenvalue weighted by Gasteiger charge is 1.95. The SMILES string of the molecule is CC(CN)CCCN.NCCCNCCN. The molecule has 5 heteroatoms. The molecule has 0 radical (unpaired) electrons. The molecule has 0 aromatic rings. The Morgan fingerprint density at radius 1 is 0.875 bits per heavy atom. The Labute approximate surface area is 100 Å². The summed E-state index contributed by atoms with van der Waals surface area (Å²) in [6, 6.07) is 0. The average Bonchev–Trinajstić information content (AvgIpc) is 2.32. The molecule has 9 N–H and O–H groups in total. The van der Waals surface area contributed by atoms with Crippen molar-refractivity contribution in [2.75, 3.05) is 39.3 Å². The highest BCUT2D eigenvalue weighted by atomic mass is 14.9. The second kappa shape index (κ2) is 17.2. The Hall–Kier alpha value is -0.200. The third-order valence-corrected chi connectivity index (χ3v) is 2.18. The Bertz CT molecular complexity index is 105. The highest BCUT2D eigenvalue weighted by molar-refractivity contribution is 4.52. The van der Waals surface area contributed by atoms with E-state index in [1.807, 2.05) is 0 Å². The lowest BCUT2D eigenvalue weighted by molar-refractivity contribution is 0.525. The number of hydrogen-bond acceptors (Lipinski definition) is 5. The molecule has 1 atom stereocenters. The quantitative estimate of drug-likeness (QED) is 0.334. The van der Waals surface area contributed by atoms with Crippen LogP contribution in [0.5, 0.6) is 0 Å². The van der Waals surface area contributed by atoms with Gasteiger partial charge in [-0.1, -0.05) is 6.92 Å². The molecule has 0 aliphatic heterocycles. The Kier molecular flexibility index (Phi) is 19.5. The van der Waals surface area contributed by atoms with E-state index >= 15 is 0 Å². The van der Waals surface area contributed by atoms with Gasteiger partial charge in [0.1, 0.15) is 0 Å². The smallest absolute Gasteiger partial charge is 0.00745 e. The summed E-state index contributed by atoms with van der Waals surface area (Å²) in [4.78, 5) is 0. The van der Waals surface area contributed by atoms with E-state index in [9.17, 15) is 0 Å². The van der Waals surface area contributed by atoms with Crippen LogP contribution in [0.2, 0.25) is 0 Å². The van der Waals surface area contributed by atoms with E-state index < -0.39 is 0 Å². The molecule has 0 saturated heterocycles.